The van der Waals surface area contributed by atoms with Crippen molar-refractivity contribution in [2.24, 2.45) is 0 Å². The van der Waals surface area contributed by atoms with E-state index in [1.165, 1.54) is 12.1 Å². The molecule has 4 aromatic rings. The van der Waals surface area contributed by atoms with Crippen LogP contribution in [0.4, 0.5) is 46.9 Å². The summed E-state index contributed by atoms with van der Waals surface area (Å²) in [6, 6.07) is 6.11. The van der Waals surface area contributed by atoms with E-state index in [1.807, 2.05) is 10.6 Å². The smallest absolute Gasteiger partial charge is 0.452 e. The van der Waals surface area contributed by atoms with Gasteiger partial charge in [0.05, 0.1) is 30.6 Å². The number of fused-ring (bicyclic) bond motifs is 1. The molecule has 0 unspecified atom stereocenters. The minimum absolute atomic E-state index is 0.0106. The number of nitro groups is 1. The Morgan fingerprint density at radius 1 is 0.935 bits per heavy atom. The highest BCUT2D eigenvalue weighted by atomic mass is 79.9. The SMILES string of the molecule is O=C(NC(=O)c1c(Br)cccc1Br)Nc1ccc(Oc2cc(Cl)c(Cl)c3scc([N+](=O)[O-])c23)c(OC(F)(F)C(F)(F)C(F)(F)F)c1. The minimum Gasteiger partial charge on any atom is -0.452 e. The lowest BCUT2D eigenvalue weighted by Crippen LogP contribution is -2.55. The van der Waals surface area contributed by atoms with Crippen molar-refractivity contribution < 1.29 is 54.7 Å². The number of benzene rings is 3. The van der Waals surface area contributed by atoms with Crippen molar-refractivity contribution >= 4 is 99.8 Å². The molecule has 1 heterocycles. The number of urea groups is 1. The van der Waals surface area contributed by atoms with E-state index in [0.717, 1.165) is 28.8 Å². The molecule has 0 bridgehead atoms. The molecule has 244 valence electrons. The number of imide groups is 1. The fraction of sp³-hybridized carbons (Fsp3) is 0.120. The monoisotopic (exact) mass is 841 g/mol. The average Bonchev–Trinajstić information content (AvgIpc) is 3.38. The lowest BCUT2D eigenvalue weighted by Gasteiger charge is -2.28. The van der Waals surface area contributed by atoms with Crippen molar-refractivity contribution in [2.75, 3.05) is 5.32 Å². The van der Waals surface area contributed by atoms with Crippen LogP contribution < -0.4 is 20.1 Å². The molecule has 3 amide bonds. The number of hydrogen-bond acceptors (Lipinski definition) is 7. The summed E-state index contributed by atoms with van der Waals surface area (Å²) >= 11 is 19.1. The summed E-state index contributed by atoms with van der Waals surface area (Å²) in [5.74, 6) is -10.7. The lowest BCUT2D eigenvalue weighted by atomic mass is 10.2. The Labute approximate surface area is 281 Å². The zero-order chi connectivity index (χ0) is 34.4. The standard InChI is InChI=1S/C25H10Br2Cl2F7N3O6S/c26-10-2-1-3-11(27)17(10)21(40)38-22(41)37-9-4-5-14(15(6-9)45-25(35,36)23(30,31)24(32,33)34)44-16-7-12(28)19(29)20-18(16)13(8-46-20)39(42)43/h1-8H,(H2,37,38,40,41). The lowest BCUT2D eigenvalue weighted by molar-refractivity contribution is -0.403. The molecule has 0 atom stereocenters. The first-order valence-electron chi connectivity index (χ1n) is 11.7. The summed E-state index contributed by atoms with van der Waals surface area (Å²) in [7, 11) is 0. The van der Waals surface area contributed by atoms with E-state index in [0.29, 0.717) is 12.1 Å². The molecule has 1 aromatic heterocycles. The van der Waals surface area contributed by atoms with Gasteiger partial charge in [-0.15, -0.1) is 11.3 Å². The first-order valence-corrected chi connectivity index (χ1v) is 14.9. The van der Waals surface area contributed by atoms with Crippen LogP contribution in [0.15, 0.2) is 56.8 Å². The third-order valence-electron chi connectivity index (χ3n) is 5.68. The predicted octanol–water partition coefficient (Wildman–Crippen LogP) is 10.6. The fourth-order valence-electron chi connectivity index (χ4n) is 3.60. The van der Waals surface area contributed by atoms with Gasteiger partial charge in [0, 0.05) is 26.8 Å². The van der Waals surface area contributed by atoms with Gasteiger partial charge in [0.15, 0.2) is 11.5 Å². The van der Waals surface area contributed by atoms with Gasteiger partial charge in [-0.05, 0) is 56.1 Å². The van der Waals surface area contributed by atoms with Crippen molar-refractivity contribution in [3.63, 3.8) is 0 Å². The number of hydrogen-bond donors (Lipinski definition) is 2. The Morgan fingerprint density at radius 3 is 2.15 bits per heavy atom. The van der Waals surface area contributed by atoms with Crippen LogP contribution in [0.1, 0.15) is 10.4 Å². The van der Waals surface area contributed by atoms with Gasteiger partial charge in [0.25, 0.3) is 11.6 Å². The number of nitrogens with zero attached hydrogens (tertiary/aromatic N) is 1. The Morgan fingerprint density at radius 2 is 1.57 bits per heavy atom. The molecule has 0 spiro atoms. The van der Waals surface area contributed by atoms with Gasteiger partial charge >= 0.3 is 24.2 Å². The zero-order valence-electron chi connectivity index (χ0n) is 21.6. The number of anilines is 1. The van der Waals surface area contributed by atoms with Crippen LogP contribution in [0.25, 0.3) is 10.1 Å². The molecule has 0 saturated heterocycles. The number of rotatable bonds is 8. The largest absolute Gasteiger partial charge is 0.474 e. The van der Waals surface area contributed by atoms with Gasteiger partial charge in [-0.1, -0.05) is 29.3 Å². The maximum absolute atomic E-state index is 14.4. The highest BCUT2D eigenvalue weighted by Crippen LogP contribution is 2.51. The van der Waals surface area contributed by atoms with Crippen molar-refractivity contribution in [3.05, 3.63) is 82.5 Å². The number of carbonyl (C=O) groups excluding carboxylic acids is 2. The molecular formula is C25H10Br2Cl2F7N3O6S. The maximum atomic E-state index is 14.4. The van der Waals surface area contributed by atoms with Crippen LogP contribution in [0, 0.1) is 10.1 Å². The van der Waals surface area contributed by atoms with E-state index in [-0.39, 0.29) is 34.6 Å². The van der Waals surface area contributed by atoms with Crippen LogP contribution >= 0.6 is 66.4 Å². The van der Waals surface area contributed by atoms with Crippen LogP contribution in [-0.2, 0) is 0 Å². The molecule has 0 saturated carbocycles. The summed E-state index contributed by atoms with van der Waals surface area (Å²) in [6.45, 7) is 0. The number of amides is 3. The number of alkyl halides is 7. The summed E-state index contributed by atoms with van der Waals surface area (Å²) in [5.41, 5.74) is -1.19. The molecule has 21 heteroatoms. The van der Waals surface area contributed by atoms with Crippen molar-refractivity contribution in [3.8, 4) is 17.2 Å². The summed E-state index contributed by atoms with van der Waals surface area (Å²) in [6.07, 6.45) is -13.0. The van der Waals surface area contributed by atoms with E-state index < -0.39 is 63.7 Å². The Kier molecular flexibility index (Phi) is 10.0. The number of halogens is 11. The molecule has 2 N–H and O–H groups in total. The van der Waals surface area contributed by atoms with E-state index >= 15 is 0 Å². The number of ether oxygens (including phenoxy) is 2. The number of nitrogens with one attached hydrogen (secondary N) is 2. The normalized spacial score (nSPS) is 12.2. The molecule has 4 rings (SSSR count). The molecule has 9 nitrogen and oxygen atoms in total. The van der Waals surface area contributed by atoms with Crippen LogP contribution in [-0.4, -0.2) is 35.1 Å². The van der Waals surface area contributed by atoms with E-state index in [9.17, 15) is 50.4 Å². The molecule has 46 heavy (non-hydrogen) atoms. The van der Waals surface area contributed by atoms with E-state index in [2.05, 4.69) is 36.6 Å². The summed E-state index contributed by atoms with van der Waals surface area (Å²) in [4.78, 5) is 35.8. The predicted molar refractivity (Wildman–Crippen MR) is 160 cm³/mol. The molecular weight excluding hydrogens is 834 g/mol. The highest BCUT2D eigenvalue weighted by Gasteiger charge is 2.75. The second-order valence-corrected chi connectivity index (χ2v) is 12.1. The summed E-state index contributed by atoms with van der Waals surface area (Å²) in [5, 5.41) is 15.8. The van der Waals surface area contributed by atoms with Gasteiger partial charge in [0.1, 0.15) is 11.1 Å². The number of carbonyl (C=O) groups is 2. The second kappa shape index (κ2) is 13.0. The van der Waals surface area contributed by atoms with Crippen LogP contribution in [0.2, 0.25) is 10.0 Å². The molecule has 0 radical (unpaired) electrons. The van der Waals surface area contributed by atoms with Gasteiger partial charge < -0.3 is 14.8 Å². The third-order valence-corrected chi connectivity index (χ3v) is 8.89. The van der Waals surface area contributed by atoms with Gasteiger partial charge in [-0.3, -0.25) is 20.2 Å². The minimum atomic E-state index is -6.78. The topological polar surface area (TPSA) is 120 Å². The van der Waals surface area contributed by atoms with Gasteiger partial charge in [0.2, 0.25) is 0 Å². The van der Waals surface area contributed by atoms with Gasteiger partial charge in [-0.2, -0.15) is 30.7 Å². The van der Waals surface area contributed by atoms with Crippen molar-refractivity contribution in [1.82, 2.24) is 5.32 Å². The quantitative estimate of drug-likeness (QED) is 0.104. The Balaban J connectivity index is 1.75. The maximum Gasteiger partial charge on any atom is 0.474 e. The first-order chi connectivity index (χ1) is 21.2. The average molecular weight is 844 g/mol. The molecule has 0 aliphatic rings. The van der Waals surface area contributed by atoms with Crippen LogP contribution in [0.5, 0.6) is 17.2 Å². The molecule has 3 aromatic carbocycles. The Bertz CT molecular complexity index is 1870. The molecule has 0 fully saturated rings. The highest BCUT2D eigenvalue weighted by molar-refractivity contribution is 9.11. The van der Waals surface area contributed by atoms with E-state index in [1.54, 1.807) is 6.07 Å². The Hall–Kier alpha value is -3.39. The zero-order valence-corrected chi connectivity index (χ0v) is 27.1. The molecule has 0 aliphatic carbocycles. The number of thiophene rings is 1. The first kappa shape index (κ1) is 35.5. The van der Waals surface area contributed by atoms with Crippen molar-refractivity contribution in [1.29, 1.82) is 0 Å². The second-order valence-electron chi connectivity index (χ2n) is 8.71. The van der Waals surface area contributed by atoms with E-state index in [4.69, 9.17) is 27.9 Å². The van der Waals surface area contributed by atoms with Crippen molar-refractivity contribution in [2.45, 2.75) is 18.2 Å². The third kappa shape index (κ3) is 6.97. The van der Waals surface area contributed by atoms with Gasteiger partial charge in [-0.25, -0.2) is 4.79 Å². The summed E-state index contributed by atoms with van der Waals surface area (Å²) < 4.78 is 105. The van der Waals surface area contributed by atoms with Crippen LogP contribution in [0.3, 0.4) is 0 Å². The fourth-order valence-corrected chi connectivity index (χ4v) is 6.46. The molecule has 0 aliphatic heterocycles.